The Morgan fingerprint density at radius 2 is 1.64 bits per heavy atom. The maximum absolute atomic E-state index is 13.5. The molecule has 3 aromatic heterocycles. The van der Waals surface area contributed by atoms with Gasteiger partial charge in [0.25, 0.3) is 0 Å². The summed E-state index contributed by atoms with van der Waals surface area (Å²) in [6.07, 6.45) is 6.91. The van der Waals surface area contributed by atoms with Crippen LogP contribution in [0.2, 0.25) is 5.02 Å². The summed E-state index contributed by atoms with van der Waals surface area (Å²) in [6, 6.07) is 0. The molecular formula is C21H27ClN8O5S. The van der Waals surface area contributed by atoms with Crippen LogP contribution < -0.4 is 14.2 Å². The zero-order valence-corrected chi connectivity index (χ0v) is 21.8. The van der Waals surface area contributed by atoms with E-state index in [2.05, 4.69) is 34.9 Å². The summed E-state index contributed by atoms with van der Waals surface area (Å²) in [6.45, 7) is 1.49. The molecule has 0 radical (unpaired) electrons. The lowest BCUT2D eigenvalue weighted by Gasteiger charge is -2.23. The van der Waals surface area contributed by atoms with Gasteiger partial charge in [0.2, 0.25) is 27.7 Å². The van der Waals surface area contributed by atoms with Crippen LogP contribution in [-0.4, -0.2) is 69.7 Å². The number of nitrogens with one attached hydrogen (secondary N) is 1. The highest BCUT2D eigenvalue weighted by molar-refractivity contribution is 7.93. The number of anilines is 1. The van der Waals surface area contributed by atoms with Crippen molar-refractivity contribution in [2.75, 3.05) is 26.1 Å². The monoisotopic (exact) mass is 538 g/mol. The number of halogens is 1. The summed E-state index contributed by atoms with van der Waals surface area (Å²) in [5.74, 6) is 1.11. The van der Waals surface area contributed by atoms with Crippen molar-refractivity contribution in [2.24, 2.45) is 0 Å². The smallest absolute Gasteiger partial charge is 0.245 e. The molecular weight excluding hydrogens is 512 g/mol. The maximum atomic E-state index is 13.5. The van der Waals surface area contributed by atoms with Crippen molar-refractivity contribution in [1.82, 2.24) is 34.7 Å². The number of nitrogens with zero attached hydrogens (tertiary/aromatic N) is 7. The topological polar surface area (TPSA) is 156 Å². The van der Waals surface area contributed by atoms with Crippen LogP contribution in [0.5, 0.6) is 11.8 Å². The fourth-order valence-corrected chi connectivity index (χ4v) is 5.46. The van der Waals surface area contributed by atoms with Gasteiger partial charge in [-0.3, -0.25) is 9.29 Å². The fraction of sp³-hybridized carbons (Fsp3) is 0.524. The largest absolute Gasteiger partial charge is 0.479 e. The molecule has 1 aliphatic rings. The van der Waals surface area contributed by atoms with Gasteiger partial charge >= 0.3 is 0 Å². The summed E-state index contributed by atoms with van der Waals surface area (Å²) in [4.78, 5) is 16.6. The van der Waals surface area contributed by atoms with Gasteiger partial charge in [0.05, 0.1) is 19.2 Å². The third-order valence-corrected chi connectivity index (χ3v) is 7.96. The standard InChI is InChI=1S/C21H27ClN8O5S/c1-12(16(33-2)17-23-9-14(22)10-24-17)36(31,32)29-21-28-27-18(13-7-5-6-8-13)30(21)15-19(34-3)25-11-26-20(15)35-4/h9-13,16H,5-8H2,1-4H3,(H,28,29). The van der Waals surface area contributed by atoms with E-state index in [-0.39, 0.29) is 29.5 Å². The zero-order valence-electron chi connectivity index (χ0n) is 20.3. The summed E-state index contributed by atoms with van der Waals surface area (Å²) < 4.78 is 47.5. The van der Waals surface area contributed by atoms with Crippen LogP contribution in [0, 0.1) is 0 Å². The van der Waals surface area contributed by atoms with Crippen LogP contribution in [0.1, 0.15) is 56.3 Å². The van der Waals surface area contributed by atoms with E-state index in [9.17, 15) is 8.42 Å². The molecule has 1 fully saturated rings. The second-order valence-corrected chi connectivity index (χ2v) is 10.7. The minimum Gasteiger partial charge on any atom is -0.479 e. The summed E-state index contributed by atoms with van der Waals surface area (Å²) in [7, 11) is 0.186. The fourth-order valence-electron chi connectivity index (χ4n) is 4.23. The molecule has 3 aromatic rings. The van der Waals surface area contributed by atoms with Crippen molar-refractivity contribution < 1.29 is 22.6 Å². The molecule has 15 heteroatoms. The van der Waals surface area contributed by atoms with E-state index in [4.69, 9.17) is 25.8 Å². The molecule has 4 rings (SSSR count). The Hall–Kier alpha value is -3.10. The Balaban J connectivity index is 1.77. The van der Waals surface area contributed by atoms with Gasteiger partial charge in [-0.25, -0.2) is 18.4 Å². The van der Waals surface area contributed by atoms with Gasteiger partial charge in [-0.2, -0.15) is 9.97 Å². The first-order valence-corrected chi connectivity index (χ1v) is 13.1. The lowest BCUT2D eigenvalue weighted by atomic mass is 10.1. The first-order valence-electron chi connectivity index (χ1n) is 11.2. The maximum Gasteiger partial charge on any atom is 0.245 e. The van der Waals surface area contributed by atoms with Gasteiger partial charge in [-0.15, -0.1) is 10.2 Å². The molecule has 3 heterocycles. The zero-order chi connectivity index (χ0) is 25.9. The lowest BCUT2D eigenvalue weighted by Crippen LogP contribution is -2.33. The van der Waals surface area contributed by atoms with Crippen LogP contribution in [0.4, 0.5) is 5.95 Å². The minimum atomic E-state index is -4.10. The number of ether oxygens (including phenoxy) is 3. The molecule has 0 bridgehead atoms. The number of hydrogen-bond acceptors (Lipinski definition) is 11. The van der Waals surface area contributed by atoms with Crippen molar-refractivity contribution in [2.45, 2.75) is 49.9 Å². The average Bonchev–Trinajstić information content (AvgIpc) is 3.54. The van der Waals surface area contributed by atoms with E-state index in [0.717, 1.165) is 25.7 Å². The van der Waals surface area contributed by atoms with Crippen molar-refractivity contribution in [3.63, 3.8) is 0 Å². The van der Waals surface area contributed by atoms with Gasteiger partial charge < -0.3 is 14.2 Å². The summed E-state index contributed by atoms with van der Waals surface area (Å²) in [5, 5.41) is 7.75. The Bertz CT molecular complexity index is 1280. The van der Waals surface area contributed by atoms with Gasteiger partial charge in [0.1, 0.15) is 23.5 Å². The second kappa shape index (κ2) is 10.9. The van der Waals surface area contributed by atoms with Crippen molar-refractivity contribution in [3.05, 3.63) is 35.4 Å². The molecule has 0 saturated heterocycles. The van der Waals surface area contributed by atoms with Crippen LogP contribution in [-0.2, 0) is 14.8 Å². The van der Waals surface area contributed by atoms with E-state index in [1.807, 2.05) is 0 Å². The first-order chi connectivity index (χ1) is 17.3. The van der Waals surface area contributed by atoms with Crippen LogP contribution in [0.15, 0.2) is 18.7 Å². The van der Waals surface area contributed by atoms with Crippen molar-refractivity contribution in [3.8, 4) is 17.4 Å². The van der Waals surface area contributed by atoms with Crippen molar-refractivity contribution >= 4 is 27.6 Å². The van der Waals surface area contributed by atoms with E-state index < -0.39 is 21.4 Å². The minimum absolute atomic E-state index is 0.0537. The highest BCUT2D eigenvalue weighted by Gasteiger charge is 2.36. The van der Waals surface area contributed by atoms with E-state index in [0.29, 0.717) is 16.5 Å². The third-order valence-electron chi connectivity index (χ3n) is 6.07. The molecule has 2 unspecified atom stereocenters. The number of sulfonamides is 1. The summed E-state index contributed by atoms with van der Waals surface area (Å²) >= 11 is 5.87. The average molecular weight is 539 g/mol. The normalized spacial score (nSPS) is 16.0. The first kappa shape index (κ1) is 26.0. The molecule has 2 atom stereocenters. The molecule has 1 aliphatic carbocycles. The molecule has 36 heavy (non-hydrogen) atoms. The Morgan fingerprint density at radius 3 is 2.19 bits per heavy atom. The van der Waals surface area contributed by atoms with Gasteiger partial charge in [0, 0.05) is 25.4 Å². The molecule has 0 aromatic carbocycles. The van der Waals surface area contributed by atoms with Crippen LogP contribution in [0.3, 0.4) is 0 Å². The molecule has 0 aliphatic heterocycles. The van der Waals surface area contributed by atoms with Gasteiger partial charge in [-0.05, 0) is 19.8 Å². The number of rotatable bonds is 10. The highest BCUT2D eigenvalue weighted by Crippen LogP contribution is 2.39. The number of aromatic nitrogens is 7. The third kappa shape index (κ3) is 5.06. The van der Waals surface area contributed by atoms with Crippen molar-refractivity contribution in [1.29, 1.82) is 0 Å². The van der Waals surface area contributed by atoms with E-state index in [1.165, 1.54) is 47.0 Å². The lowest BCUT2D eigenvalue weighted by molar-refractivity contribution is 0.0950. The SMILES string of the molecule is COc1ncnc(OC)c1-n1c(NS(=O)(=O)C(C)C(OC)c2ncc(Cl)cn2)nnc1C1CCCC1. The molecule has 1 N–H and O–H groups in total. The molecule has 13 nitrogen and oxygen atoms in total. The molecule has 0 spiro atoms. The van der Waals surface area contributed by atoms with Gasteiger partial charge in [0.15, 0.2) is 11.5 Å². The van der Waals surface area contributed by atoms with Crippen LogP contribution in [0.25, 0.3) is 5.69 Å². The molecule has 0 amide bonds. The number of hydrogen-bond donors (Lipinski definition) is 1. The van der Waals surface area contributed by atoms with E-state index >= 15 is 0 Å². The predicted octanol–water partition coefficient (Wildman–Crippen LogP) is 2.69. The van der Waals surface area contributed by atoms with E-state index in [1.54, 1.807) is 4.57 Å². The number of methoxy groups -OCH3 is 3. The van der Waals surface area contributed by atoms with Crippen LogP contribution >= 0.6 is 11.6 Å². The van der Waals surface area contributed by atoms with Gasteiger partial charge in [-0.1, -0.05) is 24.4 Å². The quantitative estimate of drug-likeness (QED) is 0.404. The predicted molar refractivity (Wildman–Crippen MR) is 130 cm³/mol. The second-order valence-electron chi connectivity index (χ2n) is 8.21. The summed E-state index contributed by atoms with van der Waals surface area (Å²) in [5.41, 5.74) is 0.295. The molecule has 1 saturated carbocycles. The highest BCUT2D eigenvalue weighted by atomic mass is 35.5. The molecule has 194 valence electrons. The Morgan fingerprint density at radius 1 is 1.03 bits per heavy atom. The Labute approximate surface area is 213 Å². The Kier molecular flexibility index (Phi) is 7.85.